The largest absolute Gasteiger partial charge is 0.466 e. The number of hydrogen-bond donors (Lipinski definition) is 0. The highest BCUT2D eigenvalue weighted by Gasteiger charge is 2.00. The molecule has 0 bridgehead atoms. The van der Waals surface area contributed by atoms with Gasteiger partial charge in [0.1, 0.15) is 0 Å². The van der Waals surface area contributed by atoms with Crippen LogP contribution in [0, 0.1) is 0 Å². The Morgan fingerprint density at radius 2 is 2.21 bits per heavy atom. The molecule has 0 saturated carbocycles. The summed E-state index contributed by atoms with van der Waals surface area (Å²) in [5, 5.41) is 2.03. The summed E-state index contributed by atoms with van der Waals surface area (Å²) in [5.41, 5.74) is 1.01. The minimum Gasteiger partial charge on any atom is -0.466 e. The fourth-order valence-corrected chi connectivity index (χ4v) is 2.65. The van der Waals surface area contributed by atoms with Crippen molar-refractivity contribution >= 4 is 39.3 Å². The summed E-state index contributed by atoms with van der Waals surface area (Å²) in [6.45, 7) is 2.32. The lowest BCUT2D eigenvalue weighted by molar-refractivity contribution is -0.143. The van der Waals surface area contributed by atoms with Gasteiger partial charge >= 0.3 is 5.97 Å². The van der Waals surface area contributed by atoms with E-state index >= 15 is 0 Å². The maximum atomic E-state index is 11.1. The fraction of sp³-hybridized carbons (Fsp3) is 0.571. The molecule has 0 aromatic carbocycles. The molecule has 0 aliphatic carbocycles. The lowest BCUT2D eigenvalue weighted by Gasteiger charge is -2.01. The van der Waals surface area contributed by atoms with Gasteiger partial charge in [0, 0.05) is 11.8 Å². The second-order valence-corrected chi connectivity index (χ2v) is 6.32. The van der Waals surface area contributed by atoms with Crippen LogP contribution < -0.4 is 0 Å². The molecule has 0 amide bonds. The summed E-state index contributed by atoms with van der Waals surface area (Å²) in [6.07, 6.45) is 10.2. The summed E-state index contributed by atoms with van der Waals surface area (Å²) in [7, 11) is 0. The van der Waals surface area contributed by atoms with Gasteiger partial charge in [-0.1, -0.05) is 18.9 Å². The third kappa shape index (κ3) is 8.16. The summed E-state index contributed by atoms with van der Waals surface area (Å²) in [6, 6.07) is 0. The minimum atomic E-state index is -0.0727. The SMILES string of the molecule is CCOC(=O)CCCCCC/C=C/c1csc(Br)n1. The van der Waals surface area contributed by atoms with Gasteiger partial charge in [-0.2, -0.15) is 0 Å². The van der Waals surface area contributed by atoms with Crippen LogP contribution >= 0.6 is 27.3 Å². The number of carbonyl (C=O) groups is 1. The molecule has 19 heavy (non-hydrogen) atoms. The molecular weight excluding hydrogens is 326 g/mol. The van der Waals surface area contributed by atoms with Gasteiger partial charge in [0.15, 0.2) is 3.92 Å². The second-order valence-electron chi connectivity index (χ2n) is 4.19. The molecule has 0 N–H and O–H groups in total. The number of thiazole rings is 1. The third-order valence-electron chi connectivity index (χ3n) is 2.59. The van der Waals surface area contributed by atoms with Crippen LogP contribution in [-0.2, 0) is 9.53 Å². The van der Waals surface area contributed by atoms with Crippen LogP contribution in [0.15, 0.2) is 15.4 Å². The van der Waals surface area contributed by atoms with Gasteiger partial charge in [-0.15, -0.1) is 11.3 Å². The van der Waals surface area contributed by atoms with Gasteiger partial charge < -0.3 is 4.74 Å². The first-order chi connectivity index (χ1) is 9.22. The monoisotopic (exact) mass is 345 g/mol. The summed E-state index contributed by atoms with van der Waals surface area (Å²) >= 11 is 4.94. The molecule has 1 rings (SSSR count). The van der Waals surface area contributed by atoms with E-state index < -0.39 is 0 Å². The van der Waals surface area contributed by atoms with Crippen molar-refractivity contribution in [1.29, 1.82) is 0 Å². The molecular formula is C14H20BrNO2S. The van der Waals surface area contributed by atoms with E-state index in [4.69, 9.17) is 4.74 Å². The molecule has 0 fully saturated rings. The number of rotatable bonds is 9. The van der Waals surface area contributed by atoms with Crippen molar-refractivity contribution in [2.45, 2.75) is 45.4 Å². The molecule has 0 aliphatic rings. The van der Waals surface area contributed by atoms with E-state index in [0.29, 0.717) is 13.0 Å². The Morgan fingerprint density at radius 1 is 1.42 bits per heavy atom. The number of unbranched alkanes of at least 4 members (excludes halogenated alkanes) is 4. The van der Waals surface area contributed by atoms with E-state index in [-0.39, 0.29) is 5.97 Å². The average molecular weight is 346 g/mol. The molecule has 1 heterocycles. The van der Waals surface area contributed by atoms with Gasteiger partial charge in [-0.05, 0) is 48.2 Å². The third-order valence-corrected chi connectivity index (χ3v) is 3.97. The Bertz CT molecular complexity index is 404. The van der Waals surface area contributed by atoms with Crippen LogP contribution in [0.25, 0.3) is 6.08 Å². The van der Waals surface area contributed by atoms with Crippen molar-refractivity contribution in [2.24, 2.45) is 0 Å². The molecule has 106 valence electrons. The van der Waals surface area contributed by atoms with Crippen LogP contribution in [0.3, 0.4) is 0 Å². The Kier molecular flexibility index (Phi) is 8.75. The first-order valence-electron chi connectivity index (χ1n) is 6.65. The van der Waals surface area contributed by atoms with E-state index in [1.54, 1.807) is 11.3 Å². The Morgan fingerprint density at radius 3 is 2.89 bits per heavy atom. The predicted octanol–water partition coefficient (Wildman–Crippen LogP) is 4.82. The molecule has 1 aromatic heterocycles. The maximum absolute atomic E-state index is 11.1. The number of aromatic nitrogens is 1. The van der Waals surface area contributed by atoms with E-state index in [1.165, 1.54) is 0 Å². The van der Waals surface area contributed by atoms with Crippen molar-refractivity contribution in [3.63, 3.8) is 0 Å². The quantitative estimate of drug-likeness (QED) is 0.475. The van der Waals surface area contributed by atoms with Crippen LogP contribution in [-0.4, -0.2) is 17.6 Å². The summed E-state index contributed by atoms with van der Waals surface area (Å²) < 4.78 is 5.80. The van der Waals surface area contributed by atoms with Crippen LogP contribution in [0.5, 0.6) is 0 Å². The number of hydrogen-bond acceptors (Lipinski definition) is 4. The molecule has 0 unspecified atom stereocenters. The fourth-order valence-electron chi connectivity index (χ4n) is 1.66. The van der Waals surface area contributed by atoms with Crippen molar-refractivity contribution in [3.8, 4) is 0 Å². The molecule has 1 aromatic rings. The minimum absolute atomic E-state index is 0.0727. The first-order valence-corrected chi connectivity index (χ1v) is 8.33. The average Bonchev–Trinajstić information content (AvgIpc) is 2.79. The summed E-state index contributed by atoms with van der Waals surface area (Å²) in [4.78, 5) is 15.4. The molecule has 3 nitrogen and oxygen atoms in total. The molecule has 0 spiro atoms. The number of esters is 1. The molecule has 0 radical (unpaired) electrons. The molecule has 0 saturated heterocycles. The Labute approximate surface area is 127 Å². The number of nitrogens with zero attached hydrogens (tertiary/aromatic N) is 1. The van der Waals surface area contributed by atoms with Crippen molar-refractivity contribution in [1.82, 2.24) is 4.98 Å². The van der Waals surface area contributed by atoms with Gasteiger partial charge in [-0.3, -0.25) is 4.79 Å². The van der Waals surface area contributed by atoms with E-state index in [1.807, 2.05) is 12.3 Å². The number of carbonyl (C=O) groups excluding carboxylic acids is 1. The zero-order valence-corrected chi connectivity index (χ0v) is 13.6. The van der Waals surface area contributed by atoms with E-state index in [0.717, 1.165) is 41.7 Å². The smallest absolute Gasteiger partial charge is 0.305 e. The topological polar surface area (TPSA) is 39.2 Å². The normalized spacial score (nSPS) is 11.1. The van der Waals surface area contributed by atoms with Crippen molar-refractivity contribution in [2.75, 3.05) is 6.61 Å². The maximum Gasteiger partial charge on any atom is 0.305 e. The van der Waals surface area contributed by atoms with Crippen LogP contribution in [0.1, 0.15) is 51.1 Å². The van der Waals surface area contributed by atoms with Gasteiger partial charge in [-0.25, -0.2) is 4.98 Å². The highest BCUT2D eigenvalue weighted by molar-refractivity contribution is 9.11. The van der Waals surface area contributed by atoms with E-state index in [9.17, 15) is 4.79 Å². The molecule has 0 aliphatic heterocycles. The first kappa shape index (κ1) is 16.4. The zero-order chi connectivity index (χ0) is 13.9. The second kappa shape index (κ2) is 10.1. The highest BCUT2D eigenvalue weighted by Crippen LogP contribution is 2.17. The van der Waals surface area contributed by atoms with Crippen LogP contribution in [0.2, 0.25) is 0 Å². The van der Waals surface area contributed by atoms with Gasteiger partial charge in [0.2, 0.25) is 0 Å². The lowest BCUT2D eigenvalue weighted by atomic mass is 10.1. The Hall–Kier alpha value is -0.680. The summed E-state index contributed by atoms with van der Waals surface area (Å²) in [5.74, 6) is -0.0727. The van der Waals surface area contributed by atoms with Crippen LogP contribution in [0.4, 0.5) is 0 Å². The molecule has 5 heteroatoms. The molecule has 0 atom stereocenters. The highest BCUT2D eigenvalue weighted by atomic mass is 79.9. The van der Waals surface area contributed by atoms with Gasteiger partial charge in [0.25, 0.3) is 0 Å². The van der Waals surface area contributed by atoms with Gasteiger partial charge in [0.05, 0.1) is 12.3 Å². The Balaban J connectivity index is 1.96. The number of ether oxygens (including phenoxy) is 1. The number of halogens is 1. The van der Waals surface area contributed by atoms with E-state index in [2.05, 4.69) is 33.1 Å². The standard InChI is InChI=1S/C14H20BrNO2S/c1-2-18-13(17)10-8-6-4-3-5-7-9-12-11-19-14(15)16-12/h7,9,11H,2-6,8,10H2,1H3/b9-7+. The predicted molar refractivity (Wildman–Crippen MR) is 83.2 cm³/mol. The van der Waals surface area contributed by atoms with Crippen molar-refractivity contribution < 1.29 is 9.53 Å². The number of allylic oxidation sites excluding steroid dienone is 1. The zero-order valence-electron chi connectivity index (χ0n) is 11.2. The van der Waals surface area contributed by atoms with Crippen molar-refractivity contribution in [3.05, 3.63) is 21.1 Å². The lowest BCUT2D eigenvalue weighted by Crippen LogP contribution is -2.02.